The molecule has 3 nitrogen and oxygen atoms in total. The van der Waals surface area contributed by atoms with E-state index in [2.05, 4.69) is 65.6 Å². The number of anilines is 1. The van der Waals surface area contributed by atoms with Crippen LogP contribution in [0.15, 0.2) is 0 Å². The minimum absolute atomic E-state index is 0.145. The van der Waals surface area contributed by atoms with Crippen molar-refractivity contribution in [2.75, 3.05) is 18.0 Å². The van der Waals surface area contributed by atoms with Gasteiger partial charge in [-0.1, -0.05) is 27.7 Å². The van der Waals surface area contributed by atoms with Crippen molar-refractivity contribution >= 4 is 16.5 Å². The summed E-state index contributed by atoms with van der Waals surface area (Å²) in [4.78, 5) is 8.63. The van der Waals surface area contributed by atoms with Gasteiger partial charge in [-0.2, -0.15) is 0 Å². The second-order valence-corrected chi connectivity index (χ2v) is 8.86. The van der Waals surface area contributed by atoms with E-state index in [1.54, 1.807) is 0 Å². The molecule has 0 spiro atoms. The average Bonchev–Trinajstić information content (AvgIpc) is 2.65. The van der Waals surface area contributed by atoms with E-state index in [1.165, 1.54) is 15.7 Å². The Bertz CT molecular complexity index is 420. The van der Waals surface area contributed by atoms with Crippen LogP contribution in [0.5, 0.6) is 0 Å². The summed E-state index contributed by atoms with van der Waals surface area (Å²) in [6, 6.07) is 0. The van der Waals surface area contributed by atoms with E-state index in [1.807, 2.05) is 11.3 Å². The lowest BCUT2D eigenvalue weighted by molar-refractivity contribution is 0.425. The largest absolute Gasteiger partial charge is 0.348 e. The Balaban J connectivity index is 2.85. The fourth-order valence-electron chi connectivity index (χ4n) is 2.17. The molecular formula is C17H33N3S. The van der Waals surface area contributed by atoms with Crippen LogP contribution in [0.2, 0.25) is 0 Å². The third kappa shape index (κ3) is 6.79. The van der Waals surface area contributed by atoms with E-state index in [9.17, 15) is 0 Å². The van der Waals surface area contributed by atoms with Gasteiger partial charge in [0.1, 0.15) is 0 Å². The van der Waals surface area contributed by atoms with Crippen LogP contribution in [0.4, 0.5) is 5.13 Å². The van der Waals surface area contributed by atoms with E-state index in [0.29, 0.717) is 11.8 Å². The Morgan fingerprint density at radius 1 is 1.10 bits per heavy atom. The summed E-state index contributed by atoms with van der Waals surface area (Å²) in [6.45, 7) is 20.9. The summed E-state index contributed by atoms with van der Waals surface area (Å²) in [5.41, 5.74) is 1.32. The maximum atomic E-state index is 4.82. The van der Waals surface area contributed by atoms with Gasteiger partial charge in [0.05, 0.1) is 5.69 Å². The van der Waals surface area contributed by atoms with Crippen LogP contribution >= 0.6 is 11.3 Å². The highest BCUT2D eigenvalue weighted by molar-refractivity contribution is 7.15. The van der Waals surface area contributed by atoms with Gasteiger partial charge in [0.15, 0.2) is 5.13 Å². The van der Waals surface area contributed by atoms with E-state index in [-0.39, 0.29) is 5.54 Å². The second kappa shape index (κ2) is 7.59. The lowest BCUT2D eigenvalue weighted by Crippen LogP contribution is -2.34. The molecule has 1 N–H and O–H groups in total. The monoisotopic (exact) mass is 311 g/mol. The van der Waals surface area contributed by atoms with Gasteiger partial charge in [-0.15, -0.1) is 11.3 Å². The molecule has 1 aromatic rings. The molecule has 122 valence electrons. The molecule has 0 atom stereocenters. The Kier molecular flexibility index (Phi) is 6.67. The summed E-state index contributed by atoms with van der Waals surface area (Å²) in [6.07, 6.45) is 0. The van der Waals surface area contributed by atoms with Gasteiger partial charge in [-0.3, -0.25) is 0 Å². The molecule has 0 aliphatic carbocycles. The van der Waals surface area contributed by atoms with Crippen molar-refractivity contribution in [2.24, 2.45) is 11.8 Å². The SMILES string of the molecule is Cc1nc(N(CC(C)C)CC(C)C)sc1CNC(C)(C)C. The van der Waals surface area contributed by atoms with E-state index < -0.39 is 0 Å². The molecule has 0 aliphatic heterocycles. The van der Waals surface area contributed by atoms with Gasteiger partial charge in [-0.25, -0.2) is 4.98 Å². The predicted molar refractivity (Wildman–Crippen MR) is 95.3 cm³/mol. The summed E-state index contributed by atoms with van der Waals surface area (Å²) < 4.78 is 0. The fraction of sp³-hybridized carbons (Fsp3) is 0.824. The molecule has 1 aromatic heterocycles. The minimum Gasteiger partial charge on any atom is -0.348 e. The van der Waals surface area contributed by atoms with Crippen LogP contribution in [-0.4, -0.2) is 23.6 Å². The highest BCUT2D eigenvalue weighted by Crippen LogP contribution is 2.27. The van der Waals surface area contributed by atoms with Crippen molar-refractivity contribution in [2.45, 2.75) is 67.5 Å². The molecule has 0 fully saturated rings. The summed E-state index contributed by atoms with van der Waals surface area (Å²) in [5, 5.41) is 4.75. The Morgan fingerprint density at radius 2 is 1.62 bits per heavy atom. The summed E-state index contributed by atoms with van der Waals surface area (Å²) in [7, 11) is 0. The first-order valence-electron chi connectivity index (χ1n) is 8.04. The summed E-state index contributed by atoms with van der Waals surface area (Å²) in [5.74, 6) is 1.31. The smallest absolute Gasteiger partial charge is 0.185 e. The zero-order chi connectivity index (χ0) is 16.2. The second-order valence-electron chi connectivity index (χ2n) is 7.80. The molecule has 0 aliphatic rings. The number of aromatic nitrogens is 1. The normalized spacial score (nSPS) is 12.5. The number of thiazole rings is 1. The molecule has 0 amide bonds. The zero-order valence-electron chi connectivity index (χ0n) is 15.1. The number of aryl methyl sites for hydroxylation is 1. The maximum absolute atomic E-state index is 4.82. The third-order valence-corrected chi connectivity index (χ3v) is 4.32. The van der Waals surface area contributed by atoms with Crippen LogP contribution < -0.4 is 10.2 Å². The number of rotatable bonds is 7. The van der Waals surface area contributed by atoms with Crippen molar-refractivity contribution in [3.05, 3.63) is 10.6 Å². The van der Waals surface area contributed by atoms with Gasteiger partial charge in [0, 0.05) is 30.1 Å². The molecule has 0 bridgehead atoms. The fourth-order valence-corrected chi connectivity index (χ4v) is 3.19. The number of hydrogen-bond donors (Lipinski definition) is 1. The highest BCUT2D eigenvalue weighted by atomic mass is 32.1. The standard InChI is InChI=1S/C17H33N3S/c1-12(2)10-20(11-13(3)4)16-19-14(5)15(21-16)9-18-17(6,7)8/h12-13,18H,9-11H2,1-8H3. The molecule has 4 heteroatoms. The molecule has 0 aromatic carbocycles. The van der Waals surface area contributed by atoms with Gasteiger partial charge in [0.2, 0.25) is 0 Å². The average molecular weight is 312 g/mol. The van der Waals surface area contributed by atoms with Crippen molar-refractivity contribution in [1.29, 1.82) is 0 Å². The highest BCUT2D eigenvalue weighted by Gasteiger charge is 2.17. The quantitative estimate of drug-likeness (QED) is 0.806. The zero-order valence-corrected chi connectivity index (χ0v) is 15.9. The van der Waals surface area contributed by atoms with E-state index in [0.717, 1.165) is 19.6 Å². The molecule has 0 unspecified atom stereocenters. The number of nitrogens with zero attached hydrogens (tertiary/aromatic N) is 2. The van der Waals surface area contributed by atoms with Crippen molar-refractivity contribution in [3.8, 4) is 0 Å². The van der Waals surface area contributed by atoms with Crippen molar-refractivity contribution in [3.63, 3.8) is 0 Å². The Labute approximate surface area is 135 Å². The van der Waals surface area contributed by atoms with E-state index >= 15 is 0 Å². The van der Waals surface area contributed by atoms with Crippen LogP contribution in [0, 0.1) is 18.8 Å². The molecular weight excluding hydrogens is 278 g/mol. The van der Waals surface area contributed by atoms with Crippen LogP contribution in [0.25, 0.3) is 0 Å². The van der Waals surface area contributed by atoms with Gasteiger partial charge in [-0.05, 0) is 39.5 Å². The van der Waals surface area contributed by atoms with Gasteiger partial charge in [0.25, 0.3) is 0 Å². The first kappa shape index (κ1) is 18.4. The number of hydrogen-bond acceptors (Lipinski definition) is 4. The van der Waals surface area contributed by atoms with Crippen molar-refractivity contribution < 1.29 is 0 Å². The minimum atomic E-state index is 0.145. The van der Waals surface area contributed by atoms with Gasteiger partial charge >= 0.3 is 0 Å². The molecule has 0 radical (unpaired) electrons. The molecule has 0 saturated carbocycles. The Morgan fingerprint density at radius 3 is 2.05 bits per heavy atom. The maximum Gasteiger partial charge on any atom is 0.185 e. The predicted octanol–water partition coefficient (Wildman–Crippen LogP) is 4.46. The van der Waals surface area contributed by atoms with Crippen LogP contribution in [0.1, 0.15) is 59.0 Å². The first-order chi connectivity index (χ1) is 9.58. The lowest BCUT2D eigenvalue weighted by atomic mass is 10.1. The molecule has 1 rings (SSSR count). The van der Waals surface area contributed by atoms with Gasteiger partial charge < -0.3 is 10.2 Å². The molecule has 21 heavy (non-hydrogen) atoms. The summed E-state index contributed by atoms with van der Waals surface area (Å²) >= 11 is 1.84. The van der Waals surface area contributed by atoms with E-state index in [4.69, 9.17) is 4.98 Å². The topological polar surface area (TPSA) is 28.2 Å². The first-order valence-corrected chi connectivity index (χ1v) is 8.86. The molecule has 1 heterocycles. The number of nitrogens with one attached hydrogen (secondary N) is 1. The third-order valence-electron chi connectivity index (χ3n) is 3.10. The van der Waals surface area contributed by atoms with Crippen LogP contribution in [-0.2, 0) is 6.54 Å². The van der Waals surface area contributed by atoms with Crippen LogP contribution in [0.3, 0.4) is 0 Å². The molecule has 0 saturated heterocycles. The van der Waals surface area contributed by atoms with Crippen molar-refractivity contribution in [1.82, 2.24) is 10.3 Å². The lowest BCUT2D eigenvalue weighted by Gasteiger charge is -2.25. The Hall–Kier alpha value is -0.610.